The number of halogens is 3. The van der Waals surface area contributed by atoms with Gasteiger partial charge in [0.1, 0.15) is 0 Å². The Hall–Kier alpha value is -2.60. The number of carbonyl (C=O) groups excluding carboxylic acids is 1. The SMILES string of the molecule is CCC/C(C)=C(\CC)c1cc(C(=O)NC2CCN(Cc3ccc(C(F)(F)F)cc3)CC2)ccc1C. The summed E-state index contributed by atoms with van der Waals surface area (Å²) in [5.74, 6) is -0.0453. The largest absolute Gasteiger partial charge is 0.416 e. The lowest BCUT2D eigenvalue weighted by Gasteiger charge is -2.32. The number of alkyl halides is 3. The van der Waals surface area contributed by atoms with E-state index in [0.717, 1.165) is 68.5 Å². The number of benzene rings is 2. The fraction of sp³-hybridized carbons (Fsp3) is 0.483. The first-order valence-corrected chi connectivity index (χ1v) is 12.6. The van der Waals surface area contributed by atoms with Crippen LogP contribution in [0.5, 0.6) is 0 Å². The second-order valence-electron chi connectivity index (χ2n) is 9.61. The van der Waals surface area contributed by atoms with Crippen LogP contribution in [0, 0.1) is 6.92 Å². The Morgan fingerprint density at radius 2 is 1.71 bits per heavy atom. The molecule has 1 fully saturated rings. The summed E-state index contributed by atoms with van der Waals surface area (Å²) in [7, 11) is 0. The van der Waals surface area contributed by atoms with E-state index in [4.69, 9.17) is 0 Å². The molecule has 0 unspecified atom stereocenters. The minimum atomic E-state index is -4.31. The molecule has 0 aromatic heterocycles. The van der Waals surface area contributed by atoms with Gasteiger partial charge >= 0.3 is 6.18 Å². The van der Waals surface area contributed by atoms with Crippen molar-refractivity contribution in [2.75, 3.05) is 13.1 Å². The molecular weight excluding hydrogens is 449 g/mol. The molecule has 2 aromatic rings. The van der Waals surface area contributed by atoms with E-state index >= 15 is 0 Å². The first kappa shape index (κ1) is 27.0. The van der Waals surface area contributed by atoms with Gasteiger partial charge in [0.05, 0.1) is 5.56 Å². The second-order valence-corrected chi connectivity index (χ2v) is 9.61. The Morgan fingerprint density at radius 1 is 1.06 bits per heavy atom. The summed E-state index contributed by atoms with van der Waals surface area (Å²) >= 11 is 0. The first-order valence-electron chi connectivity index (χ1n) is 12.6. The molecule has 0 aliphatic carbocycles. The lowest BCUT2D eigenvalue weighted by molar-refractivity contribution is -0.137. The van der Waals surface area contributed by atoms with Crippen molar-refractivity contribution in [1.29, 1.82) is 0 Å². The molecule has 3 nitrogen and oxygen atoms in total. The minimum Gasteiger partial charge on any atom is -0.349 e. The van der Waals surface area contributed by atoms with Crippen molar-refractivity contribution >= 4 is 11.5 Å². The zero-order chi connectivity index (χ0) is 25.6. The summed E-state index contributed by atoms with van der Waals surface area (Å²) in [5.41, 5.74) is 6.00. The Balaban J connectivity index is 1.58. The molecule has 1 saturated heterocycles. The quantitative estimate of drug-likeness (QED) is 0.422. The molecule has 1 aliphatic heterocycles. The zero-order valence-corrected chi connectivity index (χ0v) is 21.3. The van der Waals surface area contributed by atoms with Gasteiger partial charge in [-0.25, -0.2) is 0 Å². The third-order valence-corrected chi connectivity index (χ3v) is 6.93. The molecule has 1 heterocycles. The maximum absolute atomic E-state index is 13.0. The summed E-state index contributed by atoms with van der Waals surface area (Å²) in [5, 5.41) is 3.19. The van der Waals surface area contributed by atoms with E-state index in [9.17, 15) is 18.0 Å². The second kappa shape index (κ2) is 11.9. The van der Waals surface area contributed by atoms with E-state index in [0.29, 0.717) is 12.1 Å². The lowest BCUT2D eigenvalue weighted by Crippen LogP contribution is -2.44. The topological polar surface area (TPSA) is 32.3 Å². The maximum atomic E-state index is 13.0. The van der Waals surface area contributed by atoms with Gasteiger partial charge in [-0.15, -0.1) is 0 Å². The molecule has 1 amide bonds. The van der Waals surface area contributed by atoms with Crippen molar-refractivity contribution in [3.05, 3.63) is 75.9 Å². The van der Waals surface area contributed by atoms with Gasteiger partial charge in [-0.05, 0) is 86.1 Å². The van der Waals surface area contributed by atoms with Crippen LogP contribution < -0.4 is 5.32 Å². The van der Waals surface area contributed by atoms with Crippen LogP contribution in [0.15, 0.2) is 48.0 Å². The van der Waals surface area contributed by atoms with Gasteiger partial charge in [0, 0.05) is 31.2 Å². The van der Waals surface area contributed by atoms with Crippen LogP contribution in [0.2, 0.25) is 0 Å². The summed E-state index contributed by atoms with van der Waals surface area (Å²) in [6.45, 7) is 10.8. The number of nitrogens with zero attached hydrogens (tertiary/aromatic N) is 1. The Morgan fingerprint density at radius 3 is 2.29 bits per heavy atom. The lowest BCUT2D eigenvalue weighted by atomic mass is 9.91. The van der Waals surface area contributed by atoms with Crippen molar-refractivity contribution in [1.82, 2.24) is 10.2 Å². The number of carbonyl (C=O) groups is 1. The first-order chi connectivity index (χ1) is 16.6. The van der Waals surface area contributed by atoms with Crippen LogP contribution >= 0.6 is 0 Å². The molecule has 0 bridgehead atoms. The molecule has 0 saturated carbocycles. The van der Waals surface area contributed by atoms with E-state index < -0.39 is 11.7 Å². The fourth-order valence-electron chi connectivity index (χ4n) is 4.90. The van der Waals surface area contributed by atoms with Gasteiger partial charge in [0.15, 0.2) is 0 Å². The molecule has 0 atom stereocenters. The molecule has 0 spiro atoms. The van der Waals surface area contributed by atoms with Crippen molar-refractivity contribution in [3.8, 4) is 0 Å². The number of nitrogens with one attached hydrogen (secondary N) is 1. The third kappa shape index (κ3) is 7.20. The predicted octanol–water partition coefficient (Wildman–Crippen LogP) is 7.39. The Labute approximate surface area is 207 Å². The standard InChI is InChI=1S/C29H37F3N2O/c1-5-7-20(3)26(6-2)27-18-23(11-8-21(27)4)28(35)33-25-14-16-34(17-15-25)19-22-9-12-24(13-10-22)29(30,31)32/h8-13,18,25H,5-7,14-17,19H2,1-4H3,(H,33,35)/b26-20+. The molecular formula is C29H37F3N2O. The van der Waals surface area contributed by atoms with Crippen LogP contribution in [0.4, 0.5) is 13.2 Å². The number of allylic oxidation sites excluding steroid dienone is 2. The molecule has 190 valence electrons. The van der Waals surface area contributed by atoms with Gasteiger partial charge < -0.3 is 5.32 Å². The smallest absolute Gasteiger partial charge is 0.349 e. The highest BCUT2D eigenvalue weighted by atomic mass is 19.4. The van der Waals surface area contributed by atoms with E-state index in [1.54, 1.807) is 12.1 Å². The van der Waals surface area contributed by atoms with Gasteiger partial charge in [-0.2, -0.15) is 13.2 Å². The number of rotatable bonds is 8. The maximum Gasteiger partial charge on any atom is 0.416 e. The van der Waals surface area contributed by atoms with Crippen molar-refractivity contribution in [2.24, 2.45) is 0 Å². The number of amides is 1. The van der Waals surface area contributed by atoms with Gasteiger partial charge in [-0.1, -0.05) is 44.0 Å². The molecule has 1 N–H and O–H groups in total. The summed E-state index contributed by atoms with van der Waals surface area (Å²) < 4.78 is 38.3. The average Bonchev–Trinajstić information content (AvgIpc) is 2.82. The number of hydrogen-bond acceptors (Lipinski definition) is 2. The molecule has 0 radical (unpaired) electrons. The Kier molecular flexibility index (Phi) is 9.17. The molecule has 3 rings (SSSR count). The normalized spacial score (nSPS) is 16.2. The van der Waals surface area contributed by atoms with Crippen molar-refractivity contribution in [3.63, 3.8) is 0 Å². The predicted molar refractivity (Wildman–Crippen MR) is 136 cm³/mol. The summed E-state index contributed by atoms with van der Waals surface area (Å²) in [6.07, 6.45) is 0.434. The van der Waals surface area contributed by atoms with Crippen molar-refractivity contribution in [2.45, 2.75) is 78.6 Å². The fourth-order valence-corrected chi connectivity index (χ4v) is 4.90. The van der Waals surface area contributed by atoms with Gasteiger partial charge in [0.2, 0.25) is 0 Å². The molecule has 2 aromatic carbocycles. The van der Waals surface area contributed by atoms with Crippen LogP contribution in [0.3, 0.4) is 0 Å². The van der Waals surface area contributed by atoms with E-state index in [1.807, 2.05) is 18.2 Å². The van der Waals surface area contributed by atoms with Crippen LogP contribution in [-0.2, 0) is 12.7 Å². The minimum absolute atomic E-state index is 0.0453. The molecule has 6 heteroatoms. The number of piperidine rings is 1. The van der Waals surface area contributed by atoms with Crippen LogP contribution in [0.25, 0.3) is 5.57 Å². The monoisotopic (exact) mass is 486 g/mol. The Bertz CT molecular complexity index is 1030. The van der Waals surface area contributed by atoms with Gasteiger partial charge in [-0.3, -0.25) is 9.69 Å². The highest BCUT2D eigenvalue weighted by Crippen LogP contribution is 2.30. The third-order valence-electron chi connectivity index (χ3n) is 6.93. The number of likely N-dealkylation sites (tertiary alicyclic amines) is 1. The van der Waals surface area contributed by atoms with Gasteiger partial charge in [0.25, 0.3) is 5.91 Å². The van der Waals surface area contributed by atoms with Crippen molar-refractivity contribution < 1.29 is 18.0 Å². The summed E-state index contributed by atoms with van der Waals surface area (Å²) in [4.78, 5) is 15.3. The number of hydrogen-bond donors (Lipinski definition) is 1. The van der Waals surface area contributed by atoms with E-state index in [2.05, 4.69) is 37.9 Å². The van der Waals surface area contributed by atoms with Crippen LogP contribution in [-0.4, -0.2) is 29.9 Å². The average molecular weight is 487 g/mol. The molecule has 1 aliphatic rings. The highest BCUT2D eigenvalue weighted by molar-refractivity contribution is 5.95. The van der Waals surface area contributed by atoms with E-state index in [-0.39, 0.29) is 11.9 Å². The zero-order valence-electron chi connectivity index (χ0n) is 21.3. The molecule has 35 heavy (non-hydrogen) atoms. The highest BCUT2D eigenvalue weighted by Gasteiger charge is 2.30. The summed E-state index contributed by atoms with van der Waals surface area (Å²) in [6, 6.07) is 11.4. The van der Waals surface area contributed by atoms with Crippen LogP contribution in [0.1, 0.15) is 85.5 Å². The number of aryl methyl sites for hydroxylation is 1. The van der Waals surface area contributed by atoms with E-state index in [1.165, 1.54) is 16.7 Å².